The molecule has 0 aliphatic carbocycles. The SMILES string of the molecule is CN1CCCc2cc(CNc3ncc(S(N)(=O)=O)s3)ccc21. The van der Waals surface area contributed by atoms with Gasteiger partial charge in [-0.2, -0.15) is 0 Å². The van der Waals surface area contributed by atoms with Gasteiger partial charge in [0, 0.05) is 25.8 Å². The van der Waals surface area contributed by atoms with E-state index in [1.165, 1.54) is 23.9 Å². The molecule has 8 heteroatoms. The van der Waals surface area contributed by atoms with Crippen molar-refractivity contribution in [2.24, 2.45) is 5.14 Å². The molecule has 0 amide bonds. The molecule has 1 aliphatic heterocycles. The minimum absolute atomic E-state index is 0.0714. The number of hydrogen-bond donors (Lipinski definition) is 2. The van der Waals surface area contributed by atoms with Crippen molar-refractivity contribution < 1.29 is 8.42 Å². The molecule has 3 N–H and O–H groups in total. The average Bonchev–Trinajstić information content (AvgIpc) is 2.94. The highest BCUT2D eigenvalue weighted by Gasteiger charge is 2.14. The Kier molecular flexibility index (Phi) is 4.07. The summed E-state index contributed by atoms with van der Waals surface area (Å²) in [5.74, 6) is 0. The van der Waals surface area contributed by atoms with Crippen molar-refractivity contribution in [1.29, 1.82) is 0 Å². The number of aromatic nitrogens is 1. The lowest BCUT2D eigenvalue weighted by atomic mass is 10.00. The summed E-state index contributed by atoms with van der Waals surface area (Å²) in [6, 6.07) is 6.43. The van der Waals surface area contributed by atoms with Gasteiger partial charge < -0.3 is 10.2 Å². The Morgan fingerprint density at radius 3 is 3.00 bits per heavy atom. The Balaban J connectivity index is 1.70. The van der Waals surface area contributed by atoms with Crippen molar-refractivity contribution in [3.63, 3.8) is 0 Å². The number of nitrogens with two attached hydrogens (primary N) is 1. The van der Waals surface area contributed by atoms with E-state index in [9.17, 15) is 8.42 Å². The average molecular weight is 338 g/mol. The van der Waals surface area contributed by atoms with E-state index >= 15 is 0 Å². The maximum Gasteiger partial charge on any atom is 0.249 e. The minimum Gasteiger partial charge on any atom is -0.374 e. The summed E-state index contributed by atoms with van der Waals surface area (Å²) in [5, 5.41) is 8.78. The molecule has 3 rings (SSSR count). The second-order valence-electron chi connectivity index (χ2n) is 5.37. The number of primary sulfonamides is 1. The first-order valence-corrected chi connectivity index (χ1v) is 9.35. The highest BCUT2D eigenvalue weighted by molar-refractivity contribution is 7.91. The predicted octanol–water partition coefficient (Wildman–Crippen LogP) is 1.78. The van der Waals surface area contributed by atoms with E-state index in [4.69, 9.17) is 5.14 Å². The van der Waals surface area contributed by atoms with Crippen LogP contribution in [0.3, 0.4) is 0 Å². The quantitative estimate of drug-likeness (QED) is 0.887. The second kappa shape index (κ2) is 5.86. The zero-order valence-electron chi connectivity index (χ0n) is 12.2. The van der Waals surface area contributed by atoms with E-state index in [-0.39, 0.29) is 4.21 Å². The molecule has 1 aliphatic rings. The molecule has 0 unspecified atom stereocenters. The monoisotopic (exact) mass is 338 g/mol. The zero-order valence-corrected chi connectivity index (χ0v) is 13.9. The molecule has 0 saturated heterocycles. The topological polar surface area (TPSA) is 88.3 Å². The van der Waals surface area contributed by atoms with E-state index in [0.29, 0.717) is 11.7 Å². The van der Waals surface area contributed by atoms with Gasteiger partial charge in [-0.15, -0.1) is 0 Å². The van der Waals surface area contributed by atoms with Crippen LogP contribution in [0.1, 0.15) is 17.5 Å². The number of anilines is 2. The molecule has 6 nitrogen and oxygen atoms in total. The maximum atomic E-state index is 11.2. The number of benzene rings is 1. The first-order valence-electron chi connectivity index (χ1n) is 6.99. The largest absolute Gasteiger partial charge is 0.374 e. The van der Waals surface area contributed by atoms with E-state index in [1.807, 2.05) is 0 Å². The third-order valence-corrected chi connectivity index (χ3v) is 6.07. The summed E-state index contributed by atoms with van der Waals surface area (Å²) < 4.78 is 22.5. The van der Waals surface area contributed by atoms with Crippen LogP contribution in [0.2, 0.25) is 0 Å². The molecule has 22 heavy (non-hydrogen) atoms. The summed E-state index contributed by atoms with van der Waals surface area (Å²) in [6.07, 6.45) is 3.55. The van der Waals surface area contributed by atoms with Crippen LogP contribution < -0.4 is 15.4 Å². The van der Waals surface area contributed by atoms with Crippen molar-refractivity contribution in [1.82, 2.24) is 4.98 Å². The van der Waals surface area contributed by atoms with Crippen LogP contribution in [0.4, 0.5) is 10.8 Å². The van der Waals surface area contributed by atoms with E-state index in [2.05, 4.69) is 40.4 Å². The molecule has 0 spiro atoms. The van der Waals surface area contributed by atoms with Crippen LogP contribution >= 0.6 is 11.3 Å². The van der Waals surface area contributed by atoms with E-state index in [1.54, 1.807) is 0 Å². The van der Waals surface area contributed by atoms with Crippen molar-refractivity contribution >= 4 is 32.2 Å². The number of aryl methyl sites for hydroxylation is 1. The molecule has 1 aromatic carbocycles. The van der Waals surface area contributed by atoms with Gasteiger partial charge in [0.05, 0.1) is 6.20 Å². The van der Waals surface area contributed by atoms with Crippen molar-refractivity contribution in [3.05, 3.63) is 35.5 Å². The van der Waals surface area contributed by atoms with Crippen LogP contribution in [0.5, 0.6) is 0 Å². The highest BCUT2D eigenvalue weighted by Crippen LogP contribution is 2.27. The molecule has 0 radical (unpaired) electrons. The Hall–Kier alpha value is -1.64. The standard InChI is InChI=1S/C14H18N4O2S2/c1-18-6-2-3-11-7-10(4-5-12(11)18)8-16-14-17-9-13(21-14)22(15,19)20/h4-5,7,9H,2-3,6,8H2,1H3,(H,16,17)(H2,15,19,20). The summed E-state index contributed by atoms with van der Waals surface area (Å²) in [6.45, 7) is 1.70. The fourth-order valence-corrected chi connectivity index (χ4v) is 4.05. The molecule has 0 atom stereocenters. The summed E-state index contributed by atoms with van der Waals surface area (Å²) >= 11 is 1.04. The fraction of sp³-hybridized carbons (Fsp3) is 0.357. The first-order chi connectivity index (χ1) is 10.4. The second-order valence-corrected chi connectivity index (χ2v) is 8.19. The van der Waals surface area contributed by atoms with Crippen LogP contribution in [0.25, 0.3) is 0 Å². The fourth-order valence-electron chi connectivity index (χ4n) is 2.60. The Morgan fingerprint density at radius 1 is 1.45 bits per heavy atom. The number of nitrogens with zero attached hydrogens (tertiary/aromatic N) is 2. The third-order valence-electron chi connectivity index (χ3n) is 3.70. The lowest BCUT2D eigenvalue weighted by molar-refractivity contribution is 0.599. The molecule has 0 bridgehead atoms. The van der Waals surface area contributed by atoms with Gasteiger partial charge in [0.1, 0.15) is 0 Å². The third kappa shape index (κ3) is 3.23. The lowest BCUT2D eigenvalue weighted by Gasteiger charge is -2.27. The van der Waals surface area contributed by atoms with Gasteiger partial charge >= 0.3 is 0 Å². The molecular formula is C14H18N4O2S2. The van der Waals surface area contributed by atoms with Gasteiger partial charge in [-0.25, -0.2) is 18.5 Å². The number of fused-ring (bicyclic) bond motifs is 1. The molecule has 2 aromatic rings. The zero-order chi connectivity index (χ0) is 15.7. The number of thiazole rings is 1. The highest BCUT2D eigenvalue weighted by atomic mass is 32.2. The normalized spacial score (nSPS) is 14.7. The molecule has 118 valence electrons. The number of nitrogens with one attached hydrogen (secondary N) is 1. The number of sulfonamides is 1. The van der Waals surface area contributed by atoms with E-state index < -0.39 is 10.0 Å². The summed E-state index contributed by atoms with van der Waals surface area (Å²) in [5.41, 5.74) is 3.81. The molecule has 2 heterocycles. The van der Waals surface area contributed by atoms with Crippen LogP contribution in [-0.2, 0) is 23.0 Å². The van der Waals surface area contributed by atoms with Crippen molar-refractivity contribution in [3.8, 4) is 0 Å². The minimum atomic E-state index is -3.67. The lowest BCUT2D eigenvalue weighted by Crippen LogP contribution is -2.24. The summed E-state index contributed by atoms with van der Waals surface area (Å²) in [7, 11) is -1.56. The van der Waals surface area contributed by atoms with Gasteiger partial charge in [-0.3, -0.25) is 0 Å². The van der Waals surface area contributed by atoms with Gasteiger partial charge in [0.15, 0.2) is 9.34 Å². The Morgan fingerprint density at radius 2 is 2.27 bits per heavy atom. The van der Waals surface area contributed by atoms with Crippen molar-refractivity contribution in [2.45, 2.75) is 23.6 Å². The van der Waals surface area contributed by atoms with Crippen molar-refractivity contribution in [2.75, 3.05) is 23.8 Å². The molecule has 1 aromatic heterocycles. The number of rotatable bonds is 4. The van der Waals surface area contributed by atoms with Crippen LogP contribution in [-0.4, -0.2) is 27.0 Å². The molecular weight excluding hydrogens is 320 g/mol. The van der Waals surface area contributed by atoms with Crippen LogP contribution in [0, 0.1) is 0 Å². The Labute approximate surface area is 134 Å². The van der Waals surface area contributed by atoms with E-state index in [0.717, 1.165) is 29.9 Å². The first kappa shape index (κ1) is 15.3. The molecule has 0 saturated carbocycles. The van der Waals surface area contributed by atoms with Gasteiger partial charge in [0.25, 0.3) is 0 Å². The Bertz CT molecular complexity index is 786. The number of hydrogen-bond acceptors (Lipinski definition) is 6. The maximum absolute atomic E-state index is 11.2. The smallest absolute Gasteiger partial charge is 0.249 e. The van der Waals surface area contributed by atoms with Crippen LogP contribution in [0.15, 0.2) is 28.6 Å². The predicted molar refractivity (Wildman–Crippen MR) is 88.8 cm³/mol. The summed E-state index contributed by atoms with van der Waals surface area (Å²) in [4.78, 5) is 6.31. The van der Waals surface area contributed by atoms with Gasteiger partial charge in [-0.05, 0) is 30.0 Å². The molecule has 0 fully saturated rings. The van der Waals surface area contributed by atoms with Gasteiger partial charge in [0.2, 0.25) is 10.0 Å². The van der Waals surface area contributed by atoms with Gasteiger partial charge in [-0.1, -0.05) is 23.5 Å².